The number of carbonyl (C=O) groups excluding carboxylic acids is 2. The van der Waals surface area contributed by atoms with Crippen LogP contribution in [0.2, 0.25) is 0 Å². The molecule has 5 heteroatoms. The quantitative estimate of drug-likeness (QED) is 0.918. The van der Waals surface area contributed by atoms with Crippen LogP contribution < -0.4 is 5.73 Å². The highest BCUT2D eigenvalue weighted by molar-refractivity contribution is 5.91. The summed E-state index contributed by atoms with van der Waals surface area (Å²) < 4.78 is 13.0. The molecule has 1 aromatic rings. The first-order valence-corrected chi connectivity index (χ1v) is 7.38. The molecule has 2 N–H and O–H groups in total. The van der Waals surface area contributed by atoms with Crippen LogP contribution >= 0.6 is 0 Å². The summed E-state index contributed by atoms with van der Waals surface area (Å²) in [5, 5.41) is 0. The first-order chi connectivity index (χ1) is 10.0. The van der Waals surface area contributed by atoms with Crippen molar-refractivity contribution in [3.63, 3.8) is 0 Å². The molecule has 1 aromatic carbocycles. The number of amides is 2. The molecule has 2 aliphatic rings. The third-order valence-corrected chi connectivity index (χ3v) is 4.74. The van der Waals surface area contributed by atoms with Crippen molar-refractivity contribution in [1.29, 1.82) is 0 Å². The summed E-state index contributed by atoms with van der Waals surface area (Å²) in [4.78, 5) is 25.8. The number of hydrogen-bond acceptors (Lipinski definition) is 2. The number of nitrogens with zero attached hydrogens (tertiary/aromatic N) is 1. The summed E-state index contributed by atoms with van der Waals surface area (Å²) in [5.74, 6) is -0.571. The lowest BCUT2D eigenvalue weighted by Gasteiger charge is -2.33. The Morgan fingerprint density at radius 1 is 1.14 bits per heavy atom. The van der Waals surface area contributed by atoms with Crippen molar-refractivity contribution in [2.24, 2.45) is 11.7 Å². The fourth-order valence-corrected chi connectivity index (χ4v) is 3.19. The van der Waals surface area contributed by atoms with Crippen molar-refractivity contribution in [2.45, 2.75) is 31.1 Å². The molecule has 2 fully saturated rings. The van der Waals surface area contributed by atoms with Crippen LogP contribution in [0.15, 0.2) is 24.3 Å². The third-order valence-electron chi connectivity index (χ3n) is 4.74. The number of primary amides is 1. The Bertz CT molecular complexity index is 558. The van der Waals surface area contributed by atoms with Crippen molar-refractivity contribution < 1.29 is 14.0 Å². The zero-order valence-electron chi connectivity index (χ0n) is 11.8. The minimum Gasteiger partial charge on any atom is -0.369 e. The van der Waals surface area contributed by atoms with E-state index in [1.165, 1.54) is 12.1 Å². The van der Waals surface area contributed by atoms with Gasteiger partial charge in [-0.3, -0.25) is 9.59 Å². The minimum absolute atomic E-state index is 0.108. The molecule has 0 aromatic heterocycles. The van der Waals surface area contributed by atoms with Gasteiger partial charge in [0, 0.05) is 19.0 Å². The van der Waals surface area contributed by atoms with Gasteiger partial charge in [-0.25, -0.2) is 4.39 Å². The Balaban J connectivity index is 1.71. The first-order valence-electron chi connectivity index (χ1n) is 7.38. The van der Waals surface area contributed by atoms with E-state index in [9.17, 15) is 14.0 Å². The first kappa shape index (κ1) is 14.0. The van der Waals surface area contributed by atoms with E-state index >= 15 is 0 Å². The van der Waals surface area contributed by atoms with Gasteiger partial charge in [0.2, 0.25) is 11.8 Å². The fourth-order valence-electron chi connectivity index (χ4n) is 3.19. The molecule has 1 aliphatic heterocycles. The average molecular weight is 290 g/mol. The monoisotopic (exact) mass is 290 g/mol. The van der Waals surface area contributed by atoms with E-state index in [0.29, 0.717) is 25.9 Å². The van der Waals surface area contributed by atoms with Crippen LogP contribution in [0.5, 0.6) is 0 Å². The predicted octanol–water partition coefficient (Wildman–Crippen LogP) is 1.58. The lowest BCUT2D eigenvalue weighted by Crippen LogP contribution is -2.45. The molecule has 1 heterocycles. The highest BCUT2D eigenvalue weighted by Crippen LogP contribution is 2.50. The van der Waals surface area contributed by atoms with Gasteiger partial charge in [0.1, 0.15) is 5.82 Å². The van der Waals surface area contributed by atoms with E-state index in [1.807, 2.05) is 4.90 Å². The normalized spacial score (nSPS) is 21.1. The number of likely N-dealkylation sites (tertiary alicyclic amines) is 1. The molecule has 0 radical (unpaired) electrons. The molecule has 1 saturated carbocycles. The van der Waals surface area contributed by atoms with Crippen LogP contribution in [0.4, 0.5) is 4.39 Å². The maximum atomic E-state index is 13.0. The minimum atomic E-state index is -0.465. The second kappa shape index (κ2) is 5.13. The van der Waals surface area contributed by atoms with Crippen molar-refractivity contribution >= 4 is 11.8 Å². The second-order valence-corrected chi connectivity index (χ2v) is 6.06. The molecule has 0 atom stereocenters. The Morgan fingerprint density at radius 3 is 2.19 bits per heavy atom. The van der Waals surface area contributed by atoms with Gasteiger partial charge in [-0.05, 0) is 43.4 Å². The van der Waals surface area contributed by atoms with Gasteiger partial charge in [0.25, 0.3) is 0 Å². The van der Waals surface area contributed by atoms with Gasteiger partial charge < -0.3 is 10.6 Å². The van der Waals surface area contributed by atoms with Crippen LogP contribution in [0, 0.1) is 11.7 Å². The van der Waals surface area contributed by atoms with Crippen LogP contribution in [0.3, 0.4) is 0 Å². The Morgan fingerprint density at radius 2 is 1.71 bits per heavy atom. The number of hydrogen-bond donors (Lipinski definition) is 1. The van der Waals surface area contributed by atoms with Crippen molar-refractivity contribution in [1.82, 2.24) is 4.90 Å². The standard InChI is InChI=1S/C16H19FN2O2/c17-13-3-1-12(2-4-13)16(7-8-16)15(21)19-9-5-11(6-10-19)14(18)20/h1-4,11H,5-10H2,(H2,18,20). The van der Waals surface area contributed by atoms with Gasteiger partial charge >= 0.3 is 0 Å². The van der Waals surface area contributed by atoms with E-state index in [1.54, 1.807) is 12.1 Å². The SMILES string of the molecule is NC(=O)C1CCN(C(=O)C2(c3ccc(F)cc3)CC2)CC1. The van der Waals surface area contributed by atoms with Gasteiger partial charge in [0.15, 0.2) is 0 Å². The fraction of sp³-hybridized carbons (Fsp3) is 0.500. The third kappa shape index (κ3) is 2.52. The average Bonchev–Trinajstić information content (AvgIpc) is 3.29. The molecule has 3 rings (SSSR count). The molecule has 1 saturated heterocycles. The number of carbonyl (C=O) groups is 2. The number of halogens is 1. The van der Waals surface area contributed by atoms with Gasteiger partial charge in [-0.15, -0.1) is 0 Å². The van der Waals surface area contributed by atoms with Crippen molar-refractivity contribution in [3.05, 3.63) is 35.6 Å². The second-order valence-electron chi connectivity index (χ2n) is 6.06. The van der Waals surface area contributed by atoms with Crippen LogP contribution in [-0.2, 0) is 15.0 Å². The summed E-state index contributed by atoms with van der Waals surface area (Å²) in [7, 11) is 0. The summed E-state index contributed by atoms with van der Waals surface area (Å²) in [5.41, 5.74) is 5.74. The van der Waals surface area contributed by atoms with Gasteiger partial charge in [-0.1, -0.05) is 12.1 Å². The van der Waals surface area contributed by atoms with Crippen molar-refractivity contribution in [3.8, 4) is 0 Å². The van der Waals surface area contributed by atoms with Gasteiger partial charge in [0.05, 0.1) is 5.41 Å². The van der Waals surface area contributed by atoms with Crippen LogP contribution in [0.1, 0.15) is 31.2 Å². The summed E-state index contributed by atoms with van der Waals surface area (Å²) >= 11 is 0. The number of piperidine rings is 1. The molecular weight excluding hydrogens is 271 g/mol. The Labute approximate surface area is 123 Å². The molecule has 0 bridgehead atoms. The van der Waals surface area contributed by atoms with E-state index in [2.05, 4.69) is 0 Å². The zero-order valence-corrected chi connectivity index (χ0v) is 11.8. The zero-order chi connectivity index (χ0) is 15.0. The molecule has 112 valence electrons. The number of nitrogens with two attached hydrogens (primary N) is 1. The topological polar surface area (TPSA) is 63.4 Å². The smallest absolute Gasteiger partial charge is 0.233 e. The molecule has 1 aliphatic carbocycles. The number of rotatable bonds is 3. The molecule has 0 spiro atoms. The lowest BCUT2D eigenvalue weighted by molar-refractivity contribution is -0.137. The van der Waals surface area contributed by atoms with Crippen LogP contribution in [0.25, 0.3) is 0 Å². The molecular formula is C16H19FN2O2. The molecule has 4 nitrogen and oxygen atoms in total. The summed E-state index contributed by atoms with van der Waals surface area (Å²) in [6.45, 7) is 1.16. The summed E-state index contributed by atoms with van der Waals surface area (Å²) in [6.07, 6.45) is 2.90. The highest BCUT2D eigenvalue weighted by atomic mass is 19.1. The maximum absolute atomic E-state index is 13.0. The van der Waals surface area contributed by atoms with Crippen molar-refractivity contribution in [2.75, 3.05) is 13.1 Å². The maximum Gasteiger partial charge on any atom is 0.233 e. The van der Waals surface area contributed by atoms with Crippen LogP contribution in [-0.4, -0.2) is 29.8 Å². The van der Waals surface area contributed by atoms with E-state index in [-0.39, 0.29) is 23.5 Å². The van der Waals surface area contributed by atoms with E-state index in [0.717, 1.165) is 18.4 Å². The van der Waals surface area contributed by atoms with Gasteiger partial charge in [-0.2, -0.15) is 0 Å². The Kier molecular flexibility index (Phi) is 3.43. The molecule has 21 heavy (non-hydrogen) atoms. The number of benzene rings is 1. The predicted molar refractivity (Wildman–Crippen MR) is 75.8 cm³/mol. The largest absolute Gasteiger partial charge is 0.369 e. The molecule has 2 amide bonds. The Hall–Kier alpha value is -1.91. The highest BCUT2D eigenvalue weighted by Gasteiger charge is 2.53. The van der Waals surface area contributed by atoms with E-state index in [4.69, 9.17) is 5.73 Å². The lowest BCUT2D eigenvalue weighted by atomic mass is 9.91. The summed E-state index contributed by atoms with van der Waals surface area (Å²) in [6, 6.07) is 6.22. The van der Waals surface area contributed by atoms with E-state index < -0.39 is 5.41 Å². The molecule has 0 unspecified atom stereocenters.